The minimum absolute atomic E-state index is 0.0892. The van der Waals surface area contributed by atoms with Crippen molar-refractivity contribution < 1.29 is 8.78 Å². The number of pyridine rings is 1. The zero-order valence-corrected chi connectivity index (χ0v) is 16.8. The monoisotopic (exact) mass is 404 g/mol. The largest absolute Gasteiger partial charge is 0.368 e. The number of benzene rings is 1. The summed E-state index contributed by atoms with van der Waals surface area (Å²) in [4.78, 5) is 8.20. The molecule has 2 aromatic rings. The van der Waals surface area contributed by atoms with E-state index in [9.17, 15) is 14.0 Å². The highest BCUT2D eigenvalue weighted by atomic mass is 35.5. The van der Waals surface area contributed by atoms with Crippen LogP contribution >= 0.6 is 11.6 Å². The molecule has 0 unspecified atom stereocenters. The molecule has 0 atom stereocenters. The maximum absolute atomic E-state index is 14.4. The van der Waals surface area contributed by atoms with Crippen LogP contribution in [0.3, 0.4) is 0 Å². The minimum atomic E-state index is -0.467. The summed E-state index contributed by atoms with van der Waals surface area (Å²) < 4.78 is 28.4. The standard InChI is InChI=1S/C21H23ClF2N4/c1-14(2)7-15-8-18(23)17(11-25)21(9-15)28-5-3-27(4-6-28)13-20-19(24)10-16(22)12-26-20/h8-10,12,14H,3-7,13H2,1-2H3. The number of hydrogen-bond donors (Lipinski definition) is 0. The normalized spacial score (nSPS) is 15.1. The van der Waals surface area contributed by atoms with E-state index in [0.717, 1.165) is 12.0 Å². The van der Waals surface area contributed by atoms with Gasteiger partial charge in [-0.25, -0.2) is 8.78 Å². The van der Waals surface area contributed by atoms with Gasteiger partial charge in [-0.05, 0) is 36.1 Å². The smallest absolute Gasteiger partial charge is 0.147 e. The second-order valence-corrected chi connectivity index (χ2v) is 7.96. The molecule has 1 aromatic carbocycles. The SMILES string of the molecule is CC(C)Cc1cc(F)c(C#N)c(N2CCN(Cc3ncc(Cl)cc3F)CC2)c1. The molecule has 0 saturated carbocycles. The Bertz CT molecular complexity index is 887. The number of nitriles is 1. The lowest BCUT2D eigenvalue weighted by molar-refractivity contribution is 0.243. The second-order valence-electron chi connectivity index (χ2n) is 7.53. The molecule has 1 saturated heterocycles. The Balaban J connectivity index is 1.72. The third kappa shape index (κ3) is 4.78. The number of aromatic nitrogens is 1. The molecular weight excluding hydrogens is 382 g/mol. The number of anilines is 1. The molecular formula is C21H23ClF2N4. The molecule has 1 fully saturated rings. The zero-order valence-electron chi connectivity index (χ0n) is 16.1. The van der Waals surface area contributed by atoms with Gasteiger partial charge < -0.3 is 4.90 Å². The van der Waals surface area contributed by atoms with Crippen LogP contribution in [0, 0.1) is 28.9 Å². The Kier molecular flexibility index (Phi) is 6.48. The number of nitrogens with zero attached hydrogens (tertiary/aromatic N) is 4. The van der Waals surface area contributed by atoms with Crippen LogP contribution in [0.1, 0.15) is 30.7 Å². The molecule has 148 valence electrons. The first kappa shape index (κ1) is 20.5. The van der Waals surface area contributed by atoms with Gasteiger partial charge in [0.15, 0.2) is 0 Å². The average molecular weight is 405 g/mol. The van der Waals surface area contributed by atoms with E-state index in [0.29, 0.717) is 50.0 Å². The highest BCUT2D eigenvalue weighted by molar-refractivity contribution is 6.30. The fraction of sp³-hybridized carbons (Fsp3) is 0.429. The summed E-state index contributed by atoms with van der Waals surface area (Å²) in [6.07, 6.45) is 2.20. The van der Waals surface area contributed by atoms with Crippen molar-refractivity contribution in [3.63, 3.8) is 0 Å². The van der Waals surface area contributed by atoms with E-state index >= 15 is 0 Å². The van der Waals surface area contributed by atoms with Crippen LogP contribution < -0.4 is 4.90 Å². The van der Waals surface area contributed by atoms with Crippen LogP contribution in [-0.4, -0.2) is 36.1 Å². The fourth-order valence-electron chi connectivity index (χ4n) is 3.51. The zero-order chi connectivity index (χ0) is 20.3. The summed E-state index contributed by atoms with van der Waals surface area (Å²) in [7, 11) is 0. The number of rotatable bonds is 5. The molecule has 28 heavy (non-hydrogen) atoms. The lowest BCUT2D eigenvalue weighted by Gasteiger charge is -2.36. The van der Waals surface area contributed by atoms with Crippen molar-refractivity contribution in [2.24, 2.45) is 5.92 Å². The van der Waals surface area contributed by atoms with Crippen LogP contribution in [0.5, 0.6) is 0 Å². The fourth-order valence-corrected chi connectivity index (χ4v) is 3.66. The predicted molar refractivity (Wildman–Crippen MR) is 106 cm³/mol. The molecule has 0 bridgehead atoms. The molecule has 3 rings (SSSR count). The van der Waals surface area contributed by atoms with Gasteiger partial charge >= 0.3 is 0 Å². The van der Waals surface area contributed by atoms with Crippen LogP contribution in [0.4, 0.5) is 14.5 Å². The van der Waals surface area contributed by atoms with Crippen LogP contribution in [0.15, 0.2) is 24.4 Å². The quantitative estimate of drug-likeness (QED) is 0.740. The highest BCUT2D eigenvalue weighted by Crippen LogP contribution is 2.27. The molecule has 0 N–H and O–H groups in total. The first-order valence-corrected chi connectivity index (χ1v) is 9.75. The first-order chi connectivity index (χ1) is 13.4. The molecule has 1 aromatic heterocycles. The third-order valence-corrected chi connectivity index (χ3v) is 5.06. The van der Waals surface area contributed by atoms with Gasteiger partial charge in [0, 0.05) is 38.9 Å². The van der Waals surface area contributed by atoms with Crippen molar-refractivity contribution in [2.45, 2.75) is 26.8 Å². The van der Waals surface area contributed by atoms with Crippen molar-refractivity contribution >= 4 is 17.3 Å². The summed E-state index contributed by atoms with van der Waals surface area (Å²) in [5.74, 6) is -0.477. The Hall–Kier alpha value is -2.23. The van der Waals surface area contributed by atoms with E-state index in [1.807, 2.05) is 17.0 Å². The van der Waals surface area contributed by atoms with Crippen LogP contribution in [-0.2, 0) is 13.0 Å². The predicted octanol–water partition coefficient (Wildman–Crippen LogP) is 4.41. The molecule has 0 spiro atoms. The van der Waals surface area contributed by atoms with Crippen molar-refractivity contribution in [3.8, 4) is 6.07 Å². The van der Waals surface area contributed by atoms with Gasteiger partial charge in [0.2, 0.25) is 0 Å². The molecule has 4 nitrogen and oxygen atoms in total. The Morgan fingerprint density at radius 1 is 1.14 bits per heavy atom. The van der Waals surface area contributed by atoms with E-state index in [2.05, 4.69) is 23.7 Å². The third-order valence-electron chi connectivity index (χ3n) is 4.86. The summed E-state index contributed by atoms with van der Waals surface area (Å²) >= 11 is 5.75. The van der Waals surface area contributed by atoms with Crippen molar-refractivity contribution in [3.05, 3.63) is 57.9 Å². The summed E-state index contributed by atoms with van der Waals surface area (Å²) in [5, 5.41) is 9.69. The van der Waals surface area contributed by atoms with Gasteiger partial charge in [-0.3, -0.25) is 9.88 Å². The Morgan fingerprint density at radius 2 is 1.86 bits per heavy atom. The topological polar surface area (TPSA) is 43.2 Å². The lowest BCUT2D eigenvalue weighted by atomic mass is 9.99. The van der Waals surface area contributed by atoms with E-state index in [-0.39, 0.29) is 10.6 Å². The van der Waals surface area contributed by atoms with Gasteiger partial charge in [0.05, 0.1) is 16.4 Å². The number of halogens is 3. The van der Waals surface area contributed by atoms with E-state index in [4.69, 9.17) is 11.6 Å². The van der Waals surface area contributed by atoms with Gasteiger partial charge in [-0.1, -0.05) is 25.4 Å². The second kappa shape index (κ2) is 8.85. The maximum atomic E-state index is 14.4. The first-order valence-electron chi connectivity index (χ1n) is 9.37. The van der Waals surface area contributed by atoms with Gasteiger partial charge in [0.1, 0.15) is 23.3 Å². The van der Waals surface area contributed by atoms with Crippen LogP contribution in [0.25, 0.3) is 0 Å². The summed E-state index contributed by atoms with van der Waals surface area (Å²) in [6.45, 7) is 7.17. The van der Waals surface area contributed by atoms with E-state index < -0.39 is 11.6 Å². The number of hydrogen-bond acceptors (Lipinski definition) is 4. The maximum Gasteiger partial charge on any atom is 0.147 e. The van der Waals surface area contributed by atoms with Crippen molar-refractivity contribution in [2.75, 3.05) is 31.1 Å². The molecule has 1 aliphatic rings. The average Bonchev–Trinajstić information content (AvgIpc) is 2.64. The molecule has 0 radical (unpaired) electrons. The molecule has 2 heterocycles. The Morgan fingerprint density at radius 3 is 2.46 bits per heavy atom. The van der Waals surface area contributed by atoms with Crippen molar-refractivity contribution in [1.82, 2.24) is 9.88 Å². The van der Waals surface area contributed by atoms with Gasteiger partial charge in [-0.15, -0.1) is 0 Å². The minimum Gasteiger partial charge on any atom is -0.368 e. The van der Waals surface area contributed by atoms with E-state index in [1.54, 1.807) is 0 Å². The molecule has 7 heteroatoms. The number of piperazine rings is 1. The molecule has 0 aliphatic carbocycles. The van der Waals surface area contributed by atoms with Gasteiger partial charge in [0.25, 0.3) is 0 Å². The van der Waals surface area contributed by atoms with Crippen molar-refractivity contribution in [1.29, 1.82) is 5.26 Å². The lowest BCUT2D eigenvalue weighted by Crippen LogP contribution is -2.46. The van der Waals surface area contributed by atoms with Gasteiger partial charge in [-0.2, -0.15) is 5.26 Å². The Labute approximate surface area is 169 Å². The van der Waals surface area contributed by atoms with E-state index in [1.165, 1.54) is 18.3 Å². The summed E-state index contributed by atoms with van der Waals surface area (Å²) in [6, 6.07) is 6.66. The molecule has 0 amide bonds. The summed E-state index contributed by atoms with van der Waals surface area (Å²) in [5.41, 5.74) is 2.00. The highest BCUT2D eigenvalue weighted by Gasteiger charge is 2.23. The molecule has 1 aliphatic heterocycles. The van der Waals surface area contributed by atoms with Crippen LogP contribution in [0.2, 0.25) is 5.02 Å².